The van der Waals surface area contributed by atoms with Crippen molar-refractivity contribution in [1.82, 2.24) is 9.97 Å². The number of ether oxygens (including phenoxy) is 1. The summed E-state index contributed by atoms with van der Waals surface area (Å²) in [5.41, 5.74) is 0.795. The second-order valence-electron chi connectivity index (χ2n) is 2.94. The van der Waals surface area contributed by atoms with Gasteiger partial charge in [-0.25, -0.2) is 9.97 Å². The van der Waals surface area contributed by atoms with Crippen LogP contribution in [0.5, 0.6) is 11.8 Å². The minimum atomic E-state index is -0.00710. The monoisotopic (exact) mass is 202 g/mol. The Hall–Kier alpha value is -1.94. The molecule has 76 valence electrons. The van der Waals surface area contributed by atoms with E-state index in [0.29, 0.717) is 11.8 Å². The van der Waals surface area contributed by atoms with Gasteiger partial charge in [-0.3, -0.25) is 0 Å². The molecule has 0 aliphatic heterocycles. The molecule has 1 aromatic heterocycles. The Morgan fingerprint density at radius 2 is 1.93 bits per heavy atom. The summed E-state index contributed by atoms with van der Waals surface area (Å²) in [5.74, 6) is 0.618. The number of aliphatic hydroxyl groups is 1. The van der Waals surface area contributed by atoms with Gasteiger partial charge in [0.25, 0.3) is 0 Å². The summed E-state index contributed by atoms with van der Waals surface area (Å²) in [6.45, 7) is -0.00710. The first-order valence-electron chi connectivity index (χ1n) is 4.53. The van der Waals surface area contributed by atoms with Crippen molar-refractivity contribution in [1.29, 1.82) is 0 Å². The summed E-state index contributed by atoms with van der Waals surface area (Å²) in [5, 5.41) is 8.94. The molecule has 4 heteroatoms. The third-order valence-electron chi connectivity index (χ3n) is 1.83. The minimum absolute atomic E-state index is 0.00710. The van der Waals surface area contributed by atoms with E-state index < -0.39 is 0 Å². The number of hydrogen-bond acceptors (Lipinski definition) is 4. The van der Waals surface area contributed by atoms with Gasteiger partial charge in [-0.15, -0.1) is 0 Å². The molecule has 1 N–H and O–H groups in total. The third-order valence-corrected chi connectivity index (χ3v) is 1.83. The predicted molar refractivity (Wildman–Crippen MR) is 54.5 cm³/mol. The molecule has 1 aromatic carbocycles. The summed E-state index contributed by atoms with van der Waals surface area (Å²) in [4.78, 5) is 7.87. The molecular weight excluding hydrogens is 192 g/mol. The number of nitrogens with zero attached hydrogens (tertiary/aromatic N) is 2. The van der Waals surface area contributed by atoms with Crippen LogP contribution in [0.25, 0.3) is 0 Å². The molecule has 0 amide bonds. The van der Waals surface area contributed by atoms with Crippen molar-refractivity contribution in [2.75, 3.05) is 0 Å². The van der Waals surface area contributed by atoms with Crippen LogP contribution in [0.4, 0.5) is 0 Å². The van der Waals surface area contributed by atoms with Crippen LogP contribution in [0.2, 0.25) is 0 Å². The van der Waals surface area contributed by atoms with Crippen LogP contribution in [0, 0.1) is 0 Å². The normalized spacial score (nSPS) is 9.93. The number of benzene rings is 1. The second kappa shape index (κ2) is 4.52. The Labute approximate surface area is 87.2 Å². The maximum absolute atomic E-state index is 8.94. The first-order valence-corrected chi connectivity index (χ1v) is 4.53. The average molecular weight is 202 g/mol. The highest BCUT2D eigenvalue weighted by atomic mass is 16.5. The Morgan fingerprint density at radius 3 is 2.67 bits per heavy atom. The van der Waals surface area contributed by atoms with E-state index in [2.05, 4.69) is 9.97 Å². The number of aromatic nitrogens is 2. The number of rotatable bonds is 3. The first-order chi connectivity index (χ1) is 7.38. The van der Waals surface area contributed by atoms with Crippen molar-refractivity contribution in [2.24, 2.45) is 0 Å². The maximum atomic E-state index is 8.94. The van der Waals surface area contributed by atoms with Gasteiger partial charge in [0.2, 0.25) is 0 Å². The van der Waals surface area contributed by atoms with Crippen molar-refractivity contribution >= 4 is 0 Å². The van der Waals surface area contributed by atoms with E-state index in [9.17, 15) is 0 Å². The van der Waals surface area contributed by atoms with Gasteiger partial charge in [0.05, 0.1) is 6.61 Å². The zero-order chi connectivity index (χ0) is 10.5. The van der Waals surface area contributed by atoms with Gasteiger partial charge >= 0.3 is 6.01 Å². The van der Waals surface area contributed by atoms with Crippen molar-refractivity contribution in [2.45, 2.75) is 6.61 Å². The quantitative estimate of drug-likeness (QED) is 0.823. The van der Waals surface area contributed by atoms with Crippen molar-refractivity contribution in [3.8, 4) is 11.8 Å². The summed E-state index contributed by atoms with van der Waals surface area (Å²) >= 11 is 0. The van der Waals surface area contributed by atoms with Gasteiger partial charge in [0, 0.05) is 12.4 Å². The molecule has 0 fully saturated rings. The second-order valence-corrected chi connectivity index (χ2v) is 2.94. The maximum Gasteiger partial charge on any atom is 0.321 e. The van der Waals surface area contributed by atoms with Crippen LogP contribution in [-0.2, 0) is 6.61 Å². The highest BCUT2D eigenvalue weighted by Gasteiger charge is 1.99. The van der Waals surface area contributed by atoms with E-state index in [1.807, 2.05) is 12.1 Å². The van der Waals surface area contributed by atoms with Crippen molar-refractivity contribution < 1.29 is 9.84 Å². The molecule has 15 heavy (non-hydrogen) atoms. The van der Waals surface area contributed by atoms with Crippen LogP contribution < -0.4 is 4.74 Å². The van der Waals surface area contributed by atoms with E-state index in [0.717, 1.165) is 5.56 Å². The Morgan fingerprint density at radius 1 is 1.13 bits per heavy atom. The zero-order valence-electron chi connectivity index (χ0n) is 8.00. The first kappa shape index (κ1) is 9.61. The van der Waals surface area contributed by atoms with E-state index in [4.69, 9.17) is 9.84 Å². The van der Waals surface area contributed by atoms with Gasteiger partial charge < -0.3 is 9.84 Å². The van der Waals surface area contributed by atoms with Crippen LogP contribution in [0.3, 0.4) is 0 Å². The smallest absolute Gasteiger partial charge is 0.321 e. The van der Waals surface area contributed by atoms with Crippen molar-refractivity contribution in [3.05, 3.63) is 48.3 Å². The summed E-state index contributed by atoms with van der Waals surface area (Å²) in [7, 11) is 0. The van der Waals surface area contributed by atoms with Crippen LogP contribution in [-0.4, -0.2) is 15.1 Å². The molecule has 4 nitrogen and oxygen atoms in total. The van der Waals surface area contributed by atoms with E-state index in [1.165, 1.54) is 0 Å². The highest BCUT2D eigenvalue weighted by Crippen LogP contribution is 2.18. The Bertz CT molecular complexity index is 432. The van der Waals surface area contributed by atoms with Crippen LogP contribution in [0.15, 0.2) is 42.7 Å². The Balaban J connectivity index is 2.17. The fraction of sp³-hybridized carbons (Fsp3) is 0.0909. The van der Waals surface area contributed by atoms with Gasteiger partial charge in [0.15, 0.2) is 0 Å². The molecular formula is C11H10N2O2. The molecule has 2 aromatic rings. The zero-order valence-corrected chi connectivity index (χ0v) is 8.00. The fourth-order valence-electron chi connectivity index (χ4n) is 1.15. The molecule has 0 saturated carbocycles. The minimum Gasteiger partial charge on any atom is -0.424 e. The lowest BCUT2D eigenvalue weighted by atomic mass is 10.2. The molecule has 0 radical (unpaired) electrons. The topological polar surface area (TPSA) is 55.2 Å². The number of hydrogen-bond donors (Lipinski definition) is 1. The molecule has 0 aliphatic rings. The highest BCUT2D eigenvalue weighted by molar-refractivity contribution is 5.29. The molecule has 0 aliphatic carbocycles. The average Bonchev–Trinajstić information content (AvgIpc) is 2.31. The predicted octanol–water partition coefficient (Wildman–Crippen LogP) is 1.76. The summed E-state index contributed by atoms with van der Waals surface area (Å²) < 4.78 is 5.39. The summed E-state index contributed by atoms with van der Waals surface area (Å²) in [6.07, 6.45) is 3.22. The lowest BCUT2D eigenvalue weighted by Gasteiger charge is -2.03. The summed E-state index contributed by atoms with van der Waals surface area (Å²) in [6, 6.07) is 9.18. The number of aliphatic hydroxyl groups excluding tert-OH is 1. The molecule has 0 atom stereocenters. The molecule has 0 spiro atoms. The van der Waals surface area contributed by atoms with Crippen LogP contribution >= 0.6 is 0 Å². The Kier molecular flexibility index (Phi) is 2.90. The lowest BCUT2D eigenvalue weighted by molar-refractivity contribution is 0.281. The fourth-order valence-corrected chi connectivity index (χ4v) is 1.15. The molecule has 0 unspecified atom stereocenters. The standard InChI is InChI=1S/C11H10N2O2/c14-8-9-3-1-4-10(7-9)15-11-12-5-2-6-13-11/h1-7,14H,8H2. The lowest BCUT2D eigenvalue weighted by Crippen LogP contribution is -1.91. The molecule has 2 rings (SSSR count). The van der Waals surface area contributed by atoms with Gasteiger partial charge in [-0.1, -0.05) is 12.1 Å². The SMILES string of the molecule is OCc1cccc(Oc2ncccn2)c1. The van der Waals surface area contributed by atoms with E-state index >= 15 is 0 Å². The van der Waals surface area contributed by atoms with E-state index in [-0.39, 0.29) is 6.61 Å². The van der Waals surface area contributed by atoms with E-state index in [1.54, 1.807) is 30.6 Å². The van der Waals surface area contributed by atoms with Gasteiger partial charge in [-0.2, -0.15) is 0 Å². The van der Waals surface area contributed by atoms with Crippen LogP contribution in [0.1, 0.15) is 5.56 Å². The third kappa shape index (κ3) is 2.51. The van der Waals surface area contributed by atoms with Gasteiger partial charge in [0.1, 0.15) is 5.75 Å². The molecule has 0 bridgehead atoms. The molecule has 0 saturated heterocycles. The van der Waals surface area contributed by atoms with Crippen molar-refractivity contribution in [3.63, 3.8) is 0 Å². The largest absolute Gasteiger partial charge is 0.424 e. The molecule has 1 heterocycles. The van der Waals surface area contributed by atoms with Gasteiger partial charge in [-0.05, 0) is 23.8 Å².